The van der Waals surface area contributed by atoms with E-state index in [4.69, 9.17) is 41.0 Å². The fourth-order valence-electron chi connectivity index (χ4n) is 4.90. The van der Waals surface area contributed by atoms with Crippen molar-refractivity contribution in [2.24, 2.45) is 0 Å². The third-order valence-corrected chi connectivity index (χ3v) is 7.19. The summed E-state index contributed by atoms with van der Waals surface area (Å²) >= 11 is 0. The number of imide groups is 1. The van der Waals surface area contributed by atoms with E-state index in [2.05, 4.69) is 0 Å². The first kappa shape index (κ1) is 26.2. The maximum absolute atomic E-state index is 13.3. The molecule has 0 spiro atoms. The predicted molar refractivity (Wildman–Crippen MR) is 138 cm³/mol. The summed E-state index contributed by atoms with van der Waals surface area (Å²) in [6.07, 6.45) is -0.523. The minimum absolute atomic E-state index is 0.0355. The van der Waals surface area contributed by atoms with Gasteiger partial charge in [-0.15, -0.1) is 0 Å². The molecule has 2 fully saturated rings. The minimum atomic E-state index is -2.25. The van der Waals surface area contributed by atoms with Crippen molar-refractivity contribution in [3.63, 3.8) is 0 Å². The SMILES string of the molecule is [B]N1C(=O)CC([B])([B])C([B])(N2Cc3c(OCc4ccc(CN5CCOCC5=O)cc4)cccc3C2=O)C1=O. The van der Waals surface area contributed by atoms with Gasteiger partial charge in [-0.3, -0.25) is 19.2 Å². The van der Waals surface area contributed by atoms with Crippen LogP contribution in [0.25, 0.3) is 0 Å². The monoisotopic (exact) mass is 503 g/mol. The van der Waals surface area contributed by atoms with Crippen LogP contribution in [0.3, 0.4) is 0 Å². The number of benzene rings is 2. The molecule has 2 aromatic carbocycles. The van der Waals surface area contributed by atoms with E-state index in [1.54, 1.807) is 23.1 Å². The Morgan fingerprint density at radius 2 is 1.66 bits per heavy atom. The number of hydrogen-bond donors (Lipinski definition) is 0. The lowest BCUT2D eigenvalue weighted by molar-refractivity contribution is -0.148. The van der Waals surface area contributed by atoms with Crippen LogP contribution in [-0.2, 0) is 38.8 Å². The molecule has 3 heterocycles. The molecule has 0 aromatic heterocycles. The van der Waals surface area contributed by atoms with Crippen LogP contribution in [0.5, 0.6) is 5.75 Å². The Kier molecular flexibility index (Phi) is 6.67. The molecule has 0 bridgehead atoms. The molecule has 0 aliphatic carbocycles. The molecule has 13 heteroatoms. The molecule has 0 saturated carbocycles. The zero-order valence-corrected chi connectivity index (χ0v) is 20.6. The van der Waals surface area contributed by atoms with Crippen LogP contribution in [0.4, 0.5) is 0 Å². The average Bonchev–Trinajstić information content (AvgIpc) is 3.24. The lowest BCUT2D eigenvalue weighted by atomic mass is 9.36. The van der Waals surface area contributed by atoms with Gasteiger partial charge in [0.25, 0.3) is 5.91 Å². The van der Waals surface area contributed by atoms with Gasteiger partial charge in [-0.1, -0.05) is 35.5 Å². The van der Waals surface area contributed by atoms with Crippen LogP contribution in [-0.4, -0.2) is 95.0 Å². The number of amides is 4. The fourth-order valence-corrected chi connectivity index (χ4v) is 4.90. The Hall–Kier alpha value is -3.46. The van der Waals surface area contributed by atoms with Gasteiger partial charge in [-0.2, -0.15) is 0 Å². The zero-order valence-electron chi connectivity index (χ0n) is 20.6. The molecule has 1 unspecified atom stereocenters. The van der Waals surface area contributed by atoms with Crippen LogP contribution < -0.4 is 4.74 Å². The molecular formula is C25H21B4N3O6. The Bertz CT molecular complexity index is 1320. The third-order valence-electron chi connectivity index (χ3n) is 7.19. The summed E-state index contributed by atoms with van der Waals surface area (Å²) in [5.74, 6) is -2.05. The number of hydrogen-bond acceptors (Lipinski definition) is 6. The Morgan fingerprint density at radius 3 is 2.37 bits per heavy atom. The normalized spacial score (nSPS) is 23.1. The Morgan fingerprint density at radius 1 is 0.947 bits per heavy atom. The van der Waals surface area contributed by atoms with E-state index in [-0.39, 0.29) is 31.2 Å². The summed E-state index contributed by atoms with van der Waals surface area (Å²) in [6, 6.07) is 12.6. The molecule has 0 N–H and O–H groups in total. The Balaban J connectivity index is 1.31. The molecule has 9 nitrogen and oxygen atoms in total. The van der Waals surface area contributed by atoms with E-state index in [0.717, 1.165) is 16.0 Å². The van der Waals surface area contributed by atoms with Crippen molar-refractivity contribution < 1.29 is 28.7 Å². The first-order valence-corrected chi connectivity index (χ1v) is 12.0. The first-order valence-electron chi connectivity index (χ1n) is 12.0. The lowest BCUT2D eigenvalue weighted by Crippen LogP contribution is -2.71. The van der Waals surface area contributed by atoms with Gasteiger partial charge in [0.15, 0.2) is 0 Å². The summed E-state index contributed by atoms with van der Waals surface area (Å²) in [6.45, 7) is 1.78. The van der Waals surface area contributed by atoms with Gasteiger partial charge >= 0.3 is 0 Å². The van der Waals surface area contributed by atoms with E-state index in [9.17, 15) is 19.2 Å². The van der Waals surface area contributed by atoms with E-state index < -0.39 is 34.8 Å². The smallest absolute Gasteiger partial charge is 0.254 e. The van der Waals surface area contributed by atoms with Crippen molar-refractivity contribution in [2.75, 3.05) is 19.8 Å². The van der Waals surface area contributed by atoms with Crippen LogP contribution >= 0.6 is 0 Å². The topological polar surface area (TPSA) is 96.5 Å². The van der Waals surface area contributed by atoms with Crippen molar-refractivity contribution in [2.45, 2.75) is 36.8 Å². The standard InChI is InChI=1S/C25H21B4N3O6/c26-24(27)10-20(33)32(29)23(36)25(24,28)31-12-18-17(22(31)35)2-1-3-19(18)38-13-16-6-4-15(5-7-16)11-30-8-9-37-14-21(30)34/h1-7H,8-14H2. The van der Waals surface area contributed by atoms with Crippen molar-refractivity contribution in [1.82, 2.24) is 14.6 Å². The molecule has 8 radical (unpaired) electrons. The summed E-state index contributed by atoms with van der Waals surface area (Å²) < 4.78 is 11.2. The number of carbonyl (C=O) groups excluding carboxylic acids is 4. The number of ether oxygens (including phenoxy) is 2. The summed E-state index contributed by atoms with van der Waals surface area (Å²) in [4.78, 5) is 53.4. The molecule has 5 rings (SSSR count). The fraction of sp³-hybridized carbons (Fsp3) is 0.360. The minimum Gasteiger partial charge on any atom is -0.489 e. The molecule has 2 aromatic rings. The van der Waals surface area contributed by atoms with E-state index in [0.29, 0.717) is 35.8 Å². The number of nitrogens with zero attached hydrogens (tertiary/aromatic N) is 3. The molecule has 184 valence electrons. The van der Waals surface area contributed by atoms with Gasteiger partial charge in [0, 0.05) is 30.6 Å². The van der Waals surface area contributed by atoms with Crippen LogP contribution in [0.1, 0.15) is 33.5 Å². The summed E-state index contributed by atoms with van der Waals surface area (Å²) in [7, 11) is 24.2. The largest absolute Gasteiger partial charge is 0.489 e. The number of rotatable bonds is 6. The van der Waals surface area contributed by atoms with Crippen molar-refractivity contribution in [3.05, 3.63) is 64.7 Å². The number of piperidine rings is 1. The molecule has 2 saturated heterocycles. The van der Waals surface area contributed by atoms with Crippen LogP contribution in [0, 0.1) is 0 Å². The zero-order chi connectivity index (χ0) is 27.2. The maximum Gasteiger partial charge on any atom is 0.254 e. The predicted octanol–water partition coefficient (Wildman–Crippen LogP) is -0.259. The molecule has 3 aliphatic heterocycles. The highest BCUT2D eigenvalue weighted by Gasteiger charge is 2.58. The van der Waals surface area contributed by atoms with Gasteiger partial charge in [-0.25, -0.2) is 0 Å². The molecule has 1 atom stereocenters. The average molecular weight is 503 g/mol. The lowest BCUT2D eigenvalue weighted by Gasteiger charge is -2.54. The number of morpholine rings is 1. The second kappa shape index (κ2) is 9.69. The van der Waals surface area contributed by atoms with E-state index in [1.807, 2.05) is 24.3 Å². The van der Waals surface area contributed by atoms with Crippen molar-refractivity contribution in [1.29, 1.82) is 0 Å². The van der Waals surface area contributed by atoms with Gasteiger partial charge in [0.05, 0.1) is 34.3 Å². The van der Waals surface area contributed by atoms with E-state index >= 15 is 0 Å². The molecule has 38 heavy (non-hydrogen) atoms. The van der Waals surface area contributed by atoms with Gasteiger partial charge in [0.2, 0.25) is 25.7 Å². The first-order chi connectivity index (χ1) is 18.0. The quantitative estimate of drug-likeness (QED) is 0.399. The van der Waals surface area contributed by atoms with Crippen molar-refractivity contribution >= 4 is 55.1 Å². The van der Waals surface area contributed by atoms with Gasteiger partial charge < -0.3 is 24.1 Å². The highest BCUT2D eigenvalue weighted by molar-refractivity contribution is 6.54. The van der Waals surface area contributed by atoms with Gasteiger partial charge in [-0.05, 0) is 23.3 Å². The summed E-state index contributed by atoms with van der Waals surface area (Å²) in [5.41, 5.74) is 0.395. The summed E-state index contributed by atoms with van der Waals surface area (Å²) in [5, 5.41) is -2.04. The van der Waals surface area contributed by atoms with Crippen LogP contribution in [0.2, 0.25) is 5.21 Å². The van der Waals surface area contributed by atoms with Gasteiger partial charge in [0.1, 0.15) is 26.8 Å². The van der Waals surface area contributed by atoms with Crippen molar-refractivity contribution in [3.8, 4) is 5.75 Å². The Labute approximate surface area is 225 Å². The third kappa shape index (κ3) is 4.32. The molecular weight excluding hydrogens is 482 g/mol. The van der Waals surface area contributed by atoms with E-state index in [1.165, 1.54) is 0 Å². The van der Waals surface area contributed by atoms with Crippen LogP contribution in [0.15, 0.2) is 42.5 Å². The highest BCUT2D eigenvalue weighted by atomic mass is 16.5. The number of carbonyl (C=O) groups is 4. The maximum atomic E-state index is 13.3. The molecule has 3 aliphatic rings. The highest BCUT2D eigenvalue weighted by Crippen LogP contribution is 2.47. The number of fused-ring (bicyclic) bond motifs is 1. The molecule has 4 amide bonds. The second-order valence-electron chi connectivity index (χ2n) is 9.70. The second-order valence-corrected chi connectivity index (χ2v) is 9.70.